The summed E-state index contributed by atoms with van der Waals surface area (Å²) in [7, 11) is 0. The minimum absolute atomic E-state index is 0.178. The molecule has 0 aromatic heterocycles. The van der Waals surface area contributed by atoms with E-state index in [0.29, 0.717) is 18.2 Å². The molecule has 2 rings (SSSR count). The van der Waals surface area contributed by atoms with Crippen LogP contribution < -0.4 is 4.90 Å². The fourth-order valence-electron chi connectivity index (χ4n) is 2.76. The molecule has 19 heavy (non-hydrogen) atoms. The average Bonchev–Trinajstić information content (AvgIpc) is 2.67. The first-order valence-electron chi connectivity index (χ1n) is 6.19. The first-order chi connectivity index (χ1) is 8.91. The zero-order chi connectivity index (χ0) is 14.2. The molecule has 1 aromatic carbocycles. The SMILES string of the molecule is CC1CC(C)N(c2cccc(C(=O)O)c2[N+](=O)[O-])C1. The van der Waals surface area contributed by atoms with Gasteiger partial charge in [0.2, 0.25) is 0 Å². The fraction of sp³-hybridized carbons (Fsp3) is 0.462. The second-order valence-electron chi connectivity index (χ2n) is 5.08. The van der Waals surface area contributed by atoms with Gasteiger partial charge in [-0.15, -0.1) is 0 Å². The lowest BCUT2D eigenvalue weighted by molar-refractivity contribution is -0.384. The minimum Gasteiger partial charge on any atom is -0.477 e. The van der Waals surface area contributed by atoms with E-state index in [1.807, 2.05) is 11.8 Å². The Bertz CT molecular complexity index is 529. The Kier molecular flexibility index (Phi) is 3.42. The highest BCUT2D eigenvalue weighted by Crippen LogP contribution is 2.37. The van der Waals surface area contributed by atoms with Crippen molar-refractivity contribution in [2.45, 2.75) is 26.3 Å². The predicted molar refractivity (Wildman–Crippen MR) is 70.6 cm³/mol. The quantitative estimate of drug-likeness (QED) is 0.670. The lowest BCUT2D eigenvalue weighted by Gasteiger charge is -2.23. The summed E-state index contributed by atoms with van der Waals surface area (Å²) in [5.41, 5.74) is -0.160. The van der Waals surface area contributed by atoms with Gasteiger partial charge in [0, 0.05) is 12.6 Å². The summed E-state index contributed by atoms with van der Waals surface area (Å²) in [5, 5.41) is 20.3. The van der Waals surface area contributed by atoms with Crippen LogP contribution >= 0.6 is 0 Å². The van der Waals surface area contributed by atoms with Gasteiger partial charge in [-0.1, -0.05) is 13.0 Å². The van der Waals surface area contributed by atoms with E-state index in [-0.39, 0.29) is 17.3 Å². The van der Waals surface area contributed by atoms with Crippen molar-refractivity contribution >= 4 is 17.3 Å². The molecule has 1 aliphatic rings. The van der Waals surface area contributed by atoms with Crippen LogP contribution in [0.25, 0.3) is 0 Å². The number of aromatic carboxylic acids is 1. The lowest BCUT2D eigenvalue weighted by atomic mass is 10.1. The summed E-state index contributed by atoms with van der Waals surface area (Å²) in [5.74, 6) is -0.823. The maximum Gasteiger partial charge on any atom is 0.342 e. The van der Waals surface area contributed by atoms with Crippen LogP contribution in [-0.4, -0.2) is 28.6 Å². The third-order valence-corrected chi connectivity index (χ3v) is 3.52. The monoisotopic (exact) mass is 264 g/mol. The fourth-order valence-corrected chi connectivity index (χ4v) is 2.76. The van der Waals surface area contributed by atoms with Crippen LogP contribution in [0.4, 0.5) is 11.4 Å². The van der Waals surface area contributed by atoms with E-state index in [4.69, 9.17) is 5.11 Å². The molecule has 1 saturated heterocycles. The van der Waals surface area contributed by atoms with Gasteiger partial charge < -0.3 is 10.0 Å². The number of rotatable bonds is 3. The van der Waals surface area contributed by atoms with E-state index >= 15 is 0 Å². The topological polar surface area (TPSA) is 83.7 Å². The molecule has 2 atom stereocenters. The molecule has 1 heterocycles. The minimum atomic E-state index is -1.27. The van der Waals surface area contributed by atoms with Crippen LogP contribution in [0, 0.1) is 16.0 Å². The summed E-state index contributed by atoms with van der Waals surface area (Å²) in [6, 6.07) is 4.63. The number of nitro benzene ring substituents is 1. The summed E-state index contributed by atoms with van der Waals surface area (Å²) in [6.07, 6.45) is 0.953. The molecule has 0 spiro atoms. The van der Waals surface area contributed by atoms with Gasteiger partial charge in [-0.2, -0.15) is 0 Å². The number of hydrogen-bond donors (Lipinski definition) is 1. The number of nitro groups is 1. The van der Waals surface area contributed by atoms with Crippen molar-refractivity contribution in [1.82, 2.24) is 0 Å². The molecule has 0 saturated carbocycles. The molecule has 1 aromatic rings. The Morgan fingerprint density at radius 2 is 2.16 bits per heavy atom. The van der Waals surface area contributed by atoms with Gasteiger partial charge in [0.05, 0.1) is 4.92 Å². The molecule has 2 unspecified atom stereocenters. The zero-order valence-corrected chi connectivity index (χ0v) is 10.9. The van der Waals surface area contributed by atoms with Gasteiger partial charge in [0.1, 0.15) is 11.3 Å². The van der Waals surface area contributed by atoms with Crippen LogP contribution in [0.3, 0.4) is 0 Å². The van der Waals surface area contributed by atoms with Gasteiger partial charge in [-0.25, -0.2) is 4.79 Å². The normalized spacial score (nSPS) is 22.5. The highest BCUT2D eigenvalue weighted by molar-refractivity contribution is 5.95. The van der Waals surface area contributed by atoms with Crippen LogP contribution in [0.1, 0.15) is 30.6 Å². The largest absolute Gasteiger partial charge is 0.477 e. The summed E-state index contributed by atoms with van der Waals surface area (Å²) >= 11 is 0. The van der Waals surface area contributed by atoms with Gasteiger partial charge in [0.15, 0.2) is 0 Å². The molecular weight excluding hydrogens is 248 g/mol. The molecular formula is C13H16N2O4. The lowest BCUT2D eigenvalue weighted by Crippen LogP contribution is -2.27. The van der Waals surface area contributed by atoms with Gasteiger partial charge in [-0.3, -0.25) is 10.1 Å². The number of anilines is 1. The number of para-hydroxylation sites is 1. The van der Waals surface area contributed by atoms with Crippen molar-refractivity contribution in [1.29, 1.82) is 0 Å². The van der Waals surface area contributed by atoms with E-state index in [1.165, 1.54) is 6.07 Å². The van der Waals surface area contributed by atoms with Gasteiger partial charge in [0.25, 0.3) is 0 Å². The molecule has 0 radical (unpaired) electrons. The van der Waals surface area contributed by atoms with Gasteiger partial charge in [-0.05, 0) is 31.4 Å². The summed E-state index contributed by atoms with van der Waals surface area (Å²) in [6.45, 7) is 4.80. The standard InChI is InChI=1S/C13H16N2O4/c1-8-6-9(2)14(7-8)11-5-3-4-10(13(16)17)12(11)15(18)19/h3-5,8-9H,6-7H2,1-2H3,(H,16,17). The Labute approximate surface area is 110 Å². The third-order valence-electron chi connectivity index (χ3n) is 3.52. The number of benzene rings is 1. The number of carbonyl (C=O) groups is 1. The molecule has 0 bridgehead atoms. The summed E-state index contributed by atoms with van der Waals surface area (Å²) < 4.78 is 0. The Hall–Kier alpha value is -2.11. The molecule has 0 aliphatic carbocycles. The number of carboxylic acids is 1. The Balaban J connectivity index is 2.54. The van der Waals surface area contributed by atoms with Crippen LogP contribution in [-0.2, 0) is 0 Å². The first kappa shape index (κ1) is 13.3. The molecule has 6 heteroatoms. The second kappa shape index (κ2) is 4.87. The Morgan fingerprint density at radius 3 is 2.63 bits per heavy atom. The highest BCUT2D eigenvalue weighted by Gasteiger charge is 2.33. The predicted octanol–water partition coefficient (Wildman–Crippen LogP) is 2.53. The van der Waals surface area contributed by atoms with Crippen molar-refractivity contribution in [3.63, 3.8) is 0 Å². The van der Waals surface area contributed by atoms with Crippen LogP contribution in [0.2, 0.25) is 0 Å². The first-order valence-corrected chi connectivity index (χ1v) is 6.19. The maximum atomic E-state index is 11.2. The highest BCUT2D eigenvalue weighted by atomic mass is 16.6. The van der Waals surface area contributed by atoms with Crippen molar-refractivity contribution in [3.8, 4) is 0 Å². The van der Waals surface area contributed by atoms with E-state index in [0.717, 1.165) is 6.42 Å². The Morgan fingerprint density at radius 1 is 1.47 bits per heavy atom. The van der Waals surface area contributed by atoms with E-state index in [2.05, 4.69) is 6.92 Å². The molecule has 1 fully saturated rings. The average molecular weight is 264 g/mol. The maximum absolute atomic E-state index is 11.2. The number of hydrogen-bond acceptors (Lipinski definition) is 4. The molecule has 1 aliphatic heterocycles. The van der Waals surface area contributed by atoms with Crippen molar-refractivity contribution < 1.29 is 14.8 Å². The smallest absolute Gasteiger partial charge is 0.342 e. The van der Waals surface area contributed by atoms with E-state index in [1.54, 1.807) is 12.1 Å². The molecule has 0 amide bonds. The summed E-state index contributed by atoms with van der Waals surface area (Å²) in [4.78, 5) is 23.6. The zero-order valence-electron chi connectivity index (χ0n) is 10.9. The van der Waals surface area contributed by atoms with E-state index in [9.17, 15) is 14.9 Å². The van der Waals surface area contributed by atoms with Crippen molar-refractivity contribution in [3.05, 3.63) is 33.9 Å². The van der Waals surface area contributed by atoms with Crippen LogP contribution in [0.15, 0.2) is 18.2 Å². The van der Waals surface area contributed by atoms with E-state index < -0.39 is 10.9 Å². The number of carboxylic acid groups (broad SMARTS) is 1. The number of nitrogens with zero attached hydrogens (tertiary/aromatic N) is 2. The molecule has 1 N–H and O–H groups in total. The third kappa shape index (κ3) is 2.38. The van der Waals surface area contributed by atoms with Gasteiger partial charge >= 0.3 is 11.7 Å². The second-order valence-corrected chi connectivity index (χ2v) is 5.08. The molecule has 6 nitrogen and oxygen atoms in total. The van der Waals surface area contributed by atoms with Crippen LogP contribution in [0.5, 0.6) is 0 Å². The van der Waals surface area contributed by atoms with Crippen molar-refractivity contribution in [2.24, 2.45) is 5.92 Å². The van der Waals surface area contributed by atoms with Crippen molar-refractivity contribution in [2.75, 3.05) is 11.4 Å². The molecule has 102 valence electrons.